The average molecular weight is 400 g/mol. The van der Waals surface area contributed by atoms with Crippen LogP contribution in [-0.4, -0.2) is 40.7 Å². The first-order chi connectivity index (χ1) is 13.3. The molecule has 5 nitrogen and oxygen atoms in total. The van der Waals surface area contributed by atoms with Gasteiger partial charge in [0.25, 0.3) is 0 Å². The molecule has 0 aliphatic heterocycles. The number of ether oxygens (including phenoxy) is 1. The number of carbonyl (C=O) groups is 1. The highest BCUT2D eigenvalue weighted by Gasteiger charge is 2.22. The number of carbonyl (C=O) groups excluding carboxylic acids is 1. The third-order valence-electron chi connectivity index (χ3n) is 4.62. The third kappa shape index (κ3) is 17.1. The monoisotopic (exact) mass is 399 g/mol. The first-order valence-electron chi connectivity index (χ1n) is 11.2. The predicted octanol–water partition coefficient (Wildman–Crippen LogP) is 5.49. The maximum absolute atomic E-state index is 11.7. The van der Waals surface area contributed by atoms with Gasteiger partial charge >= 0.3 is 6.09 Å². The minimum Gasteiger partial charge on any atom is -0.444 e. The molecule has 28 heavy (non-hydrogen) atoms. The van der Waals surface area contributed by atoms with E-state index in [1.54, 1.807) is 26.8 Å². The number of hydrogen-bond acceptors (Lipinski definition) is 4. The van der Waals surface area contributed by atoms with Crippen molar-refractivity contribution in [2.45, 2.75) is 122 Å². The summed E-state index contributed by atoms with van der Waals surface area (Å²) in [6, 6.07) is -0.761. The van der Waals surface area contributed by atoms with Crippen LogP contribution in [0, 0.1) is 0 Å². The normalized spacial score (nSPS) is 14.2. The molecule has 0 unspecified atom stereocenters. The second-order valence-electron chi connectivity index (χ2n) is 8.68. The zero-order chi connectivity index (χ0) is 21.3. The summed E-state index contributed by atoms with van der Waals surface area (Å²) < 4.78 is 5.15. The maximum Gasteiger partial charge on any atom is 0.408 e. The molecule has 0 aromatic carbocycles. The smallest absolute Gasteiger partial charge is 0.408 e. The van der Waals surface area contributed by atoms with Crippen molar-refractivity contribution in [3.63, 3.8) is 0 Å². The SMILES string of the molecule is CCCCCCCCCCCCCC=C[C@H](O)[C@@H](CO)NC(=O)OC(C)(C)C. The van der Waals surface area contributed by atoms with Crippen LogP contribution in [0.5, 0.6) is 0 Å². The fourth-order valence-electron chi connectivity index (χ4n) is 2.99. The van der Waals surface area contributed by atoms with Crippen LogP contribution in [0.3, 0.4) is 0 Å². The number of unbranched alkanes of at least 4 members (excludes halogenated alkanes) is 11. The molecule has 0 spiro atoms. The van der Waals surface area contributed by atoms with Crippen molar-refractivity contribution >= 4 is 6.09 Å². The fraction of sp³-hybridized carbons (Fsp3) is 0.870. The van der Waals surface area contributed by atoms with Crippen LogP contribution in [-0.2, 0) is 4.74 Å². The Bertz CT molecular complexity index is 404. The molecule has 0 aliphatic carbocycles. The molecule has 0 aromatic rings. The summed E-state index contributed by atoms with van der Waals surface area (Å²) >= 11 is 0. The summed E-state index contributed by atoms with van der Waals surface area (Å²) in [6.07, 6.45) is 17.3. The van der Waals surface area contributed by atoms with E-state index in [1.807, 2.05) is 6.08 Å². The van der Waals surface area contributed by atoms with Gasteiger partial charge in [-0.25, -0.2) is 4.79 Å². The second-order valence-corrected chi connectivity index (χ2v) is 8.68. The number of aliphatic hydroxyl groups excluding tert-OH is 2. The van der Waals surface area contributed by atoms with Gasteiger partial charge in [-0.1, -0.05) is 83.3 Å². The van der Waals surface area contributed by atoms with E-state index in [0.717, 1.165) is 12.8 Å². The first-order valence-corrected chi connectivity index (χ1v) is 11.2. The highest BCUT2D eigenvalue weighted by Crippen LogP contribution is 2.12. The van der Waals surface area contributed by atoms with E-state index < -0.39 is 23.8 Å². The molecular formula is C23H45NO4. The van der Waals surface area contributed by atoms with Crippen molar-refractivity contribution in [2.75, 3.05) is 6.61 Å². The summed E-state index contributed by atoms with van der Waals surface area (Å²) in [6.45, 7) is 7.21. The number of alkyl carbamates (subject to hydrolysis) is 1. The van der Waals surface area contributed by atoms with E-state index in [9.17, 15) is 15.0 Å². The van der Waals surface area contributed by atoms with Crippen LogP contribution >= 0.6 is 0 Å². The number of nitrogens with one attached hydrogen (secondary N) is 1. The molecule has 0 aliphatic rings. The minimum absolute atomic E-state index is 0.344. The van der Waals surface area contributed by atoms with E-state index in [1.165, 1.54) is 64.2 Å². The van der Waals surface area contributed by atoms with Gasteiger partial charge in [0, 0.05) is 0 Å². The molecule has 0 saturated carbocycles. The Labute approximate surface area is 172 Å². The Hall–Kier alpha value is -1.07. The van der Waals surface area contributed by atoms with Gasteiger partial charge in [-0.2, -0.15) is 0 Å². The van der Waals surface area contributed by atoms with E-state index in [-0.39, 0.29) is 6.61 Å². The Morgan fingerprint density at radius 2 is 1.46 bits per heavy atom. The molecule has 0 aromatic heterocycles. The zero-order valence-corrected chi connectivity index (χ0v) is 18.7. The molecular weight excluding hydrogens is 354 g/mol. The average Bonchev–Trinajstić information content (AvgIpc) is 2.61. The maximum atomic E-state index is 11.7. The van der Waals surface area contributed by atoms with Gasteiger partial charge in [-0.15, -0.1) is 0 Å². The predicted molar refractivity (Wildman–Crippen MR) is 116 cm³/mol. The summed E-state index contributed by atoms with van der Waals surface area (Å²) in [4.78, 5) is 11.7. The van der Waals surface area contributed by atoms with Crippen LogP contribution < -0.4 is 5.32 Å². The summed E-state index contributed by atoms with van der Waals surface area (Å²) in [7, 11) is 0. The molecule has 5 heteroatoms. The third-order valence-corrected chi connectivity index (χ3v) is 4.62. The molecule has 0 bridgehead atoms. The van der Waals surface area contributed by atoms with Crippen LogP contribution in [0.15, 0.2) is 12.2 Å². The van der Waals surface area contributed by atoms with Crippen LogP contribution in [0.2, 0.25) is 0 Å². The van der Waals surface area contributed by atoms with Crippen molar-refractivity contribution < 1.29 is 19.7 Å². The molecule has 0 heterocycles. The fourth-order valence-corrected chi connectivity index (χ4v) is 2.99. The highest BCUT2D eigenvalue weighted by atomic mass is 16.6. The quantitative estimate of drug-likeness (QED) is 0.237. The summed E-state index contributed by atoms with van der Waals surface area (Å²) in [5.74, 6) is 0. The van der Waals surface area contributed by atoms with E-state index in [0.29, 0.717) is 0 Å². The molecule has 0 saturated heterocycles. The molecule has 3 N–H and O–H groups in total. The standard InChI is InChI=1S/C23H45NO4/c1-5-6-7-8-9-10-11-12-13-14-15-16-17-18-21(26)20(19-25)24-22(27)28-23(2,3)4/h17-18,20-21,25-26H,5-16,19H2,1-4H3,(H,24,27)/t20-,21+/m1/s1. The molecule has 0 fully saturated rings. The van der Waals surface area contributed by atoms with Crippen LogP contribution in [0.1, 0.15) is 105 Å². The highest BCUT2D eigenvalue weighted by molar-refractivity contribution is 5.68. The molecule has 0 radical (unpaired) electrons. The van der Waals surface area contributed by atoms with Gasteiger partial charge in [-0.3, -0.25) is 0 Å². The first kappa shape index (κ1) is 26.9. The summed E-state index contributed by atoms with van der Waals surface area (Å²) in [5, 5.41) is 22.0. The Morgan fingerprint density at radius 1 is 0.964 bits per heavy atom. The van der Waals surface area contributed by atoms with E-state index in [2.05, 4.69) is 12.2 Å². The molecule has 0 rings (SSSR count). The van der Waals surface area contributed by atoms with Crippen molar-refractivity contribution in [3.8, 4) is 0 Å². The lowest BCUT2D eigenvalue weighted by atomic mass is 10.0. The number of allylic oxidation sites excluding steroid dienone is 1. The van der Waals surface area contributed by atoms with Gasteiger partial charge in [0.1, 0.15) is 5.60 Å². The van der Waals surface area contributed by atoms with Gasteiger partial charge in [0.15, 0.2) is 0 Å². The number of rotatable bonds is 16. The zero-order valence-electron chi connectivity index (χ0n) is 18.7. The molecule has 166 valence electrons. The van der Waals surface area contributed by atoms with Crippen molar-refractivity contribution in [3.05, 3.63) is 12.2 Å². The van der Waals surface area contributed by atoms with Gasteiger partial charge in [0.05, 0.1) is 18.8 Å². The largest absolute Gasteiger partial charge is 0.444 e. The lowest BCUT2D eigenvalue weighted by molar-refractivity contribution is 0.0405. The van der Waals surface area contributed by atoms with Crippen molar-refractivity contribution in [1.82, 2.24) is 5.32 Å². The minimum atomic E-state index is -0.926. The van der Waals surface area contributed by atoms with Crippen LogP contribution in [0.25, 0.3) is 0 Å². The van der Waals surface area contributed by atoms with Crippen molar-refractivity contribution in [1.29, 1.82) is 0 Å². The lowest BCUT2D eigenvalue weighted by Crippen LogP contribution is -2.47. The Kier molecular flexibility index (Phi) is 16.2. The van der Waals surface area contributed by atoms with Gasteiger partial charge < -0.3 is 20.3 Å². The second kappa shape index (κ2) is 16.8. The lowest BCUT2D eigenvalue weighted by Gasteiger charge is -2.24. The van der Waals surface area contributed by atoms with E-state index >= 15 is 0 Å². The molecule has 1 amide bonds. The van der Waals surface area contributed by atoms with Crippen LogP contribution in [0.4, 0.5) is 4.79 Å². The van der Waals surface area contributed by atoms with Gasteiger partial charge in [-0.05, 0) is 33.6 Å². The summed E-state index contributed by atoms with van der Waals surface area (Å²) in [5.41, 5.74) is -0.611. The number of aliphatic hydroxyl groups is 2. The molecule has 2 atom stereocenters. The topological polar surface area (TPSA) is 78.8 Å². The Balaban J connectivity index is 3.75. The van der Waals surface area contributed by atoms with E-state index in [4.69, 9.17) is 4.74 Å². The Morgan fingerprint density at radius 3 is 1.93 bits per heavy atom. The van der Waals surface area contributed by atoms with Gasteiger partial charge in [0.2, 0.25) is 0 Å². The number of hydrogen-bond donors (Lipinski definition) is 3. The van der Waals surface area contributed by atoms with Crippen molar-refractivity contribution in [2.24, 2.45) is 0 Å². The number of amides is 1.